The molecule has 0 radical (unpaired) electrons. The zero-order valence-electron chi connectivity index (χ0n) is 21.1. The second-order valence-corrected chi connectivity index (χ2v) is 10.2. The van der Waals surface area contributed by atoms with Crippen LogP contribution < -0.4 is 15.0 Å². The standard InChI is InChI=1S/C31H26Cl2N2O4/c1-20-14-16-22(17-15-20)39-29(30(37)38)31(21-8-3-2-4-9-21)24-10-5-6-13-27(24)35(28(36)18-34-31)19-23-25(32)11-7-12-26(23)33/h2-17,29,34H,18-19H2,1H3,(H,37,38)/t29-,31+/m1/s1. The second-order valence-electron chi connectivity index (χ2n) is 9.37. The van der Waals surface area contributed by atoms with Gasteiger partial charge in [-0.1, -0.05) is 95.5 Å². The molecule has 0 aromatic heterocycles. The number of rotatable bonds is 7. The quantitative estimate of drug-likeness (QED) is 0.281. The molecule has 1 aliphatic rings. The third-order valence-corrected chi connectivity index (χ3v) is 7.65. The molecule has 2 atom stereocenters. The Hall–Kier alpha value is -3.84. The van der Waals surface area contributed by atoms with E-state index in [4.69, 9.17) is 27.9 Å². The van der Waals surface area contributed by atoms with Crippen molar-refractivity contribution in [2.24, 2.45) is 0 Å². The number of benzene rings is 4. The summed E-state index contributed by atoms with van der Waals surface area (Å²) in [7, 11) is 0. The third kappa shape index (κ3) is 5.11. The topological polar surface area (TPSA) is 78.9 Å². The molecule has 1 amide bonds. The number of aliphatic carboxylic acids is 1. The van der Waals surface area contributed by atoms with Gasteiger partial charge in [-0.2, -0.15) is 0 Å². The molecular formula is C31H26Cl2N2O4. The zero-order chi connectivity index (χ0) is 27.6. The largest absolute Gasteiger partial charge is 0.478 e. The Balaban J connectivity index is 1.72. The van der Waals surface area contributed by atoms with Crippen molar-refractivity contribution in [3.8, 4) is 5.75 Å². The summed E-state index contributed by atoms with van der Waals surface area (Å²) < 4.78 is 6.23. The number of para-hydroxylation sites is 1. The van der Waals surface area contributed by atoms with Crippen LogP contribution in [0.3, 0.4) is 0 Å². The lowest BCUT2D eigenvalue weighted by molar-refractivity contribution is -0.149. The number of amides is 1. The number of carboxylic acids is 1. The van der Waals surface area contributed by atoms with Crippen LogP contribution in [-0.2, 0) is 21.7 Å². The monoisotopic (exact) mass is 560 g/mol. The molecule has 1 aliphatic heterocycles. The molecule has 0 saturated carbocycles. The number of nitrogens with one attached hydrogen (secondary N) is 1. The van der Waals surface area contributed by atoms with Crippen molar-refractivity contribution in [3.05, 3.63) is 129 Å². The van der Waals surface area contributed by atoms with E-state index in [0.717, 1.165) is 5.56 Å². The van der Waals surface area contributed by atoms with Crippen LogP contribution in [0.2, 0.25) is 10.0 Å². The van der Waals surface area contributed by atoms with Crippen molar-refractivity contribution in [3.63, 3.8) is 0 Å². The van der Waals surface area contributed by atoms with Crippen LogP contribution in [0.1, 0.15) is 22.3 Å². The van der Waals surface area contributed by atoms with Crippen LogP contribution in [0, 0.1) is 6.92 Å². The smallest absolute Gasteiger partial charge is 0.347 e. The van der Waals surface area contributed by atoms with Crippen molar-refractivity contribution >= 4 is 40.8 Å². The summed E-state index contributed by atoms with van der Waals surface area (Å²) in [6.45, 7) is 1.89. The molecule has 1 heterocycles. The van der Waals surface area contributed by atoms with Crippen LogP contribution in [0.5, 0.6) is 5.75 Å². The average Bonchev–Trinajstić information content (AvgIpc) is 3.06. The Morgan fingerprint density at radius 3 is 2.26 bits per heavy atom. The van der Waals surface area contributed by atoms with Crippen LogP contribution in [0.15, 0.2) is 97.1 Å². The first kappa shape index (κ1) is 26.8. The van der Waals surface area contributed by atoms with Crippen LogP contribution in [0.25, 0.3) is 0 Å². The van der Waals surface area contributed by atoms with Gasteiger partial charge in [-0.15, -0.1) is 0 Å². The van der Waals surface area contributed by atoms with E-state index in [1.807, 2.05) is 67.6 Å². The lowest BCUT2D eigenvalue weighted by Crippen LogP contribution is -2.58. The number of carbonyl (C=O) groups excluding carboxylic acids is 1. The Morgan fingerprint density at radius 2 is 1.59 bits per heavy atom. The van der Waals surface area contributed by atoms with E-state index in [2.05, 4.69) is 5.32 Å². The predicted octanol–water partition coefficient (Wildman–Crippen LogP) is 6.21. The maximum absolute atomic E-state index is 13.7. The number of aryl methyl sites for hydroxylation is 1. The number of ether oxygens (including phenoxy) is 1. The van der Waals surface area contributed by atoms with Crippen LogP contribution in [0.4, 0.5) is 5.69 Å². The summed E-state index contributed by atoms with van der Waals surface area (Å²) in [5, 5.41) is 14.8. The van der Waals surface area contributed by atoms with Gasteiger partial charge < -0.3 is 14.7 Å². The minimum atomic E-state index is -1.43. The van der Waals surface area contributed by atoms with Crippen molar-refractivity contribution in [1.82, 2.24) is 5.32 Å². The maximum Gasteiger partial charge on any atom is 0.347 e. The number of nitrogens with zero attached hydrogens (tertiary/aromatic N) is 1. The van der Waals surface area contributed by atoms with Gasteiger partial charge in [0.05, 0.1) is 13.1 Å². The Labute approximate surface area is 236 Å². The molecule has 0 aliphatic carbocycles. The molecule has 5 rings (SSSR count). The normalized spacial score (nSPS) is 17.7. The number of fused-ring (bicyclic) bond motifs is 1. The Bertz CT molecular complexity index is 1490. The molecule has 2 N–H and O–H groups in total. The Morgan fingerprint density at radius 1 is 0.949 bits per heavy atom. The summed E-state index contributed by atoms with van der Waals surface area (Å²) in [6.07, 6.45) is -1.43. The minimum absolute atomic E-state index is 0.109. The summed E-state index contributed by atoms with van der Waals surface area (Å²) >= 11 is 12.9. The molecule has 0 saturated heterocycles. The molecule has 4 aromatic rings. The fourth-order valence-electron chi connectivity index (χ4n) is 5.02. The minimum Gasteiger partial charge on any atom is -0.478 e. The van der Waals surface area contributed by atoms with E-state index in [9.17, 15) is 14.7 Å². The van der Waals surface area contributed by atoms with Gasteiger partial charge in [0.15, 0.2) is 0 Å². The maximum atomic E-state index is 13.7. The van der Waals surface area contributed by atoms with E-state index >= 15 is 0 Å². The van der Waals surface area contributed by atoms with E-state index in [1.54, 1.807) is 41.3 Å². The lowest BCUT2D eigenvalue weighted by Gasteiger charge is -2.40. The van der Waals surface area contributed by atoms with E-state index in [1.165, 1.54) is 0 Å². The number of carboxylic acid groups (broad SMARTS) is 1. The number of carbonyl (C=O) groups is 2. The number of halogens is 2. The second kappa shape index (κ2) is 11.1. The molecule has 0 bridgehead atoms. The van der Waals surface area contributed by atoms with Gasteiger partial charge in [0.1, 0.15) is 11.3 Å². The lowest BCUT2D eigenvalue weighted by atomic mass is 9.77. The van der Waals surface area contributed by atoms with Gasteiger partial charge in [-0.25, -0.2) is 4.79 Å². The van der Waals surface area contributed by atoms with Gasteiger partial charge in [0.2, 0.25) is 12.0 Å². The molecule has 0 spiro atoms. The van der Waals surface area contributed by atoms with Gasteiger partial charge in [-0.3, -0.25) is 10.1 Å². The summed E-state index contributed by atoms with van der Waals surface area (Å²) in [5.41, 5.74) is 1.94. The Kier molecular flexibility index (Phi) is 7.62. The van der Waals surface area contributed by atoms with Gasteiger partial charge in [0, 0.05) is 26.9 Å². The summed E-state index contributed by atoms with van der Waals surface area (Å²) in [6, 6.07) is 28.8. The number of anilines is 1. The van der Waals surface area contributed by atoms with Gasteiger partial charge in [0.25, 0.3) is 0 Å². The summed E-state index contributed by atoms with van der Waals surface area (Å²) in [4.78, 5) is 28.3. The molecule has 39 heavy (non-hydrogen) atoms. The predicted molar refractivity (Wildman–Crippen MR) is 153 cm³/mol. The number of hydrogen-bond donors (Lipinski definition) is 2. The average molecular weight is 561 g/mol. The first-order chi connectivity index (χ1) is 18.8. The first-order valence-electron chi connectivity index (χ1n) is 12.4. The van der Waals surface area contributed by atoms with Crippen molar-refractivity contribution in [2.75, 3.05) is 11.4 Å². The number of hydrogen-bond acceptors (Lipinski definition) is 4. The van der Waals surface area contributed by atoms with Crippen LogP contribution in [-0.4, -0.2) is 29.6 Å². The van der Waals surface area contributed by atoms with Gasteiger partial charge in [-0.05, 0) is 42.8 Å². The van der Waals surface area contributed by atoms with Crippen molar-refractivity contribution < 1.29 is 19.4 Å². The fraction of sp³-hybridized carbons (Fsp3) is 0.161. The molecule has 8 heteroatoms. The van der Waals surface area contributed by atoms with E-state index in [-0.39, 0.29) is 19.0 Å². The molecule has 0 unspecified atom stereocenters. The van der Waals surface area contributed by atoms with Crippen molar-refractivity contribution in [2.45, 2.75) is 25.1 Å². The van der Waals surface area contributed by atoms with Crippen LogP contribution >= 0.6 is 23.2 Å². The zero-order valence-corrected chi connectivity index (χ0v) is 22.6. The fourth-order valence-corrected chi connectivity index (χ4v) is 5.54. The molecule has 6 nitrogen and oxygen atoms in total. The molecule has 4 aromatic carbocycles. The summed E-state index contributed by atoms with van der Waals surface area (Å²) in [5.74, 6) is -1.05. The van der Waals surface area contributed by atoms with Gasteiger partial charge >= 0.3 is 5.97 Å². The van der Waals surface area contributed by atoms with E-state index < -0.39 is 17.6 Å². The molecule has 0 fully saturated rings. The first-order valence-corrected chi connectivity index (χ1v) is 13.2. The van der Waals surface area contributed by atoms with E-state index in [0.29, 0.717) is 38.2 Å². The highest BCUT2D eigenvalue weighted by atomic mass is 35.5. The highest BCUT2D eigenvalue weighted by Gasteiger charge is 2.51. The molecule has 198 valence electrons. The highest BCUT2D eigenvalue weighted by molar-refractivity contribution is 6.36. The molecular weight excluding hydrogens is 535 g/mol. The third-order valence-electron chi connectivity index (χ3n) is 6.94. The van der Waals surface area contributed by atoms with Crippen molar-refractivity contribution in [1.29, 1.82) is 0 Å². The SMILES string of the molecule is Cc1ccc(O[C@H](C(=O)O)[C@@]2(c3ccccc3)NCC(=O)N(Cc3c(Cl)cccc3Cl)c3ccccc32)cc1. The highest BCUT2D eigenvalue weighted by Crippen LogP contribution is 2.43.